The number of ether oxygens (including phenoxy) is 2. The lowest BCUT2D eigenvalue weighted by atomic mass is 10.1. The van der Waals surface area contributed by atoms with Crippen LogP contribution in [0.1, 0.15) is 23.6 Å². The predicted octanol–water partition coefficient (Wildman–Crippen LogP) is 4.75. The Hall–Kier alpha value is -3.04. The van der Waals surface area contributed by atoms with Gasteiger partial charge in [-0.3, -0.25) is 4.79 Å². The van der Waals surface area contributed by atoms with Crippen LogP contribution in [-0.4, -0.2) is 19.1 Å². The van der Waals surface area contributed by atoms with Gasteiger partial charge in [0, 0.05) is 5.69 Å². The molecule has 2 aromatic rings. The second kappa shape index (κ2) is 10.5. The summed E-state index contributed by atoms with van der Waals surface area (Å²) in [5.41, 5.74) is 3.26. The third kappa shape index (κ3) is 5.97. The second-order valence-electron chi connectivity index (χ2n) is 6.15. The van der Waals surface area contributed by atoms with Crippen LogP contribution in [0, 0.1) is 40.1 Å². The minimum absolute atomic E-state index is 0.0334. The zero-order chi connectivity index (χ0) is 21.4. The van der Waals surface area contributed by atoms with E-state index in [4.69, 9.17) is 14.7 Å². The number of amides is 1. The molecule has 0 unspecified atom stereocenters. The van der Waals surface area contributed by atoms with Gasteiger partial charge in [-0.05, 0) is 78.8 Å². The van der Waals surface area contributed by atoms with E-state index in [1.54, 1.807) is 12.1 Å². The maximum Gasteiger partial charge on any atom is 0.266 e. The predicted molar refractivity (Wildman–Crippen MR) is 120 cm³/mol. The van der Waals surface area contributed by atoms with E-state index in [0.29, 0.717) is 32.9 Å². The second-order valence-corrected chi connectivity index (χ2v) is 7.31. The van der Waals surface area contributed by atoms with E-state index in [9.17, 15) is 10.1 Å². The lowest BCUT2D eigenvalue weighted by molar-refractivity contribution is -0.112. The van der Waals surface area contributed by atoms with E-state index in [0.717, 1.165) is 11.1 Å². The molecule has 0 aliphatic rings. The lowest BCUT2D eigenvalue weighted by Gasteiger charge is -2.13. The van der Waals surface area contributed by atoms with Gasteiger partial charge < -0.3 is 14.8 Å². The summed E-state index contributed by atoms with van der Waals surface area (Å²) in [6, 6.07) is 13.0. The third-order valence-electron chi connectivity index (χ3n) is 3.92. The molecule has 0 spiro atoms. The number of nitrogens with zero attached hydrogens (tertiary/aromatic N) is 2. The largest absolute Gasteiger partial charge is 0.490 e. The number of aryl methyl sites for hydroxylation is 2. The van der Waals surface area contributed by atoms with Crippen molar-refractivity contribution in [3.63, 3.8) is 0 Å². The van der Waals surface area contributed by atoms with Gasteiger partial charge in [-0.25, -0.2) is 0 Å². The van der Waals surface area contributed by atoms with Gasteiger partial charge in [0.25, 0.3) is 5.91 Å². The van der Waals surface area contributed by atoms with Crippen molar-refractivity contribution in [1.82, 2.24) is 0 Å². The number of nitriles is 2. The van der Waals surface area contributed by atoms with E-state index >= 15 is 0 Å². The molecule has 2 aromatic carbocycles. The van der Waals surface area contributed by atoms with Crippen LogP contribution in [-0.2, 0) is 4.79 Å². The van der Waals surface area contributed by atoms with Crippen molar-refractivity contribution >= 4 is 40.3 Å². The first kappa shape index (κ1) is 22.3. The van der Waals surface area contributed by atoms with Crippen LogP contribution in [0.5, 0.6) is 11.5 Å². The lowest BCUT2D eigenvalue weighted by Crippen LogP contribution is -2.14. The quantitative estimate of drug-likeness (QED) is 0.336. The van der Waals surface area contributed by atoms with Gasteiger partial charge in [0.1, 0.15) is 17.7 Å². The molecule has 1 amide bonds. The van der Waals surface area contributed by atoms with Gasteiger partial charge in [-0.1, -0.05) is 17.7 Å². The summed E-state index contributed by atoms with van der Waals surface area (Å²) < 4.78 is 11.8. The zero-order valence-electron chi connectivity index (χ0n) is 16.4. The highest BCUT2D eigenvalue weighted by atomic mass is 127. The maximum absolute atomic E-state index is 12.6. The maximum atomic E-state index is 12.6. The fourth-order valence-corrected chi connectivity index (χ4v) is 3.42. The minimum Gasteiger partial charge on any atom is -0.490 e. The summed E-state index contributed by atoms with van der Waals surface area (Å²) >= 11 is 2.07. The summed E-state index contributed by atoms with van der Waals surface area (Å²) in [7, 11) is 0. The number of halogens is 1. The van der Waals surface area contributed by atoms with Crippen LogP contribution in [0.3, 0.4) is 0 Å². The van der Waals surface area contributed by atoms with Gasteiger partial charge in [0.05, 0.1) is 10.2 Å². The molecule has 7 heteroatoms. The number of anilines is 1. The normalized spacial score (nSPS) is 10.6. The monoisotopic (exact) mass is 501 g/mol. The standard InChI is InChI=1S/C22H20IN3O3/c1-4-28-20-12-16(11-18(23)21(20)29-8-7-24)10-17(13-25)22(27)26-19-6-5-14(2)9-15(19)3/h5-6,9-12H,4,8H2,1-3H3,(H,26,27)/b17-10+. The average molecular weight is 501 g/mol. The Bertz CT molecular complexity index is 1030. The van der Waals surface area contributed by atoms with Crippen LogP contribution in [0.4, 0.5) is 5.69 Å². The SMILES string of the molecule is CCOc1cc(/C=C(\C#N)C(=O)Nc2ccc(C)cc2C)cc(I)c1OCC#N. The number of carbonyl (C=O) groups is 1. The molecule has 0 fully saturated rings. The fourth-order valence-electron chi connectivity index (χ4n) is 2.64. The highest BCUT2D eigenvalue weighted by Crippen LogP contribution is 2.35. The number of hydrogen-bond acceptors (Lipinski definition) is 5. The van der Waals surface area contributed by atoms with Crippen LogP contribution in [0.25, 0.3) is 6.08 Å². The summed E-state index contributed by atoms with van der Waals surface area (Å²) in [5.74, 6) is 0.426. The van der Waals surface area contributed by atoms with E-state index < -0.39 is 5.91 Å². The number of benzene rings is 2. The summed E-state index contributed by atoms with van der Waals surface area (Å²) in [4.78, 5) is 12.6. The van der Waals surface area contributed by atoms with Crippen molar-refractivity contribution in [2.45, 2.75) is 20.8 Å². The molecular formula is C22H20IN3O3. The van der Waals surface area contributed by atoms with Crippen LogP contribution in [0.2, 0.25) is 0 Å². The Morgan fingerprint density at radius 3 is 2.59 bits per heavy atom. The van der Waals surface area contributed by atoms with E-state index in [1.807, 2.05) is 51.1 Å². The van der Waals surface area contributed by atoms with Crippen molar-refractivity contribution in [3.05, 3.63) is 56.2 Å². The zero-order valence-corrected chi connectivity index (χ0v) is 18.5. The Labute approximate surface area is 183 Å². The molecule has 6 nitrogen and oxygen atoms in total. The first-order valence-electron chi connectivity index (χ1n) is 8.86. The number of hydrogen-bond donors (Lipinski definition) is 1. The topological polar surface area (TPSA) is 95.1 Å². The molecule has 0 aliphatic carbocycles. The molecule has 29 heavy (non-hydrogen) atoms. The molecule has 0 aromatic heterocycles. The van der Waals surface area contributed by atoms with Gasteiger partial charge in [0.15, 0.2) is 18.1 Å². The summed E-state index contributed by atoms with van der Waals surface area (Å²) in [6.45, 7) is 6.01. The van der Waals surface area contributed by atoms with E-state index in [2.05, 4.69) is 27.9 Å². The van der Waals surface area contributed by atoms with Gasteiger partial charge in [0.2, 0.25) is 0 Å². The Morgan fingerprint density at radius 2 is 1.97 bits per heavy atom. The third-order valence-corrected chi connectivity index (χ3v) is 4.72. The van der Waals surface area contributed by atoms with Gasteiger partial charge >= 0.3 is 0 Å². The number of nitrogens with one attached hydrogen (secondary N) is 1. The molecule has 0 heterocycles. The molecule has 0 radical (unpaired) electrons. The van der Waals surface area contributed by atoms with Gasteiger partial charge in [-0.2, -0.15) is 10.5 Å². The van der Waals surface area contributed by atoms with Crippen molar-refractivity contribution in [1.29, 1.82) is 10.5 Å². The highest BCUT2D eigenvalue weighted by molar-refractivity contribution is 14.1. The average Bonchev–Trinajstić information content (AvgIpc) is 2.67. The van der Waals surface area contributed by atoms with Gasteiger partial charge in [-0.15, -0.1) is 0 Å². The Kier molecular flexibility index (Phi) is 8.05. The van der Waals surface area contributed by atoms with Crippen molar-refractivity contribution < 1.29 is 14.3 Å². The molecule has 0 saturated carbocycles. The molecule has 0 bridgehead atoms. The smallest absolute Gasteiger partial charge is 0.266 e. The molecule has 2 rings (SSSR count). The first-order valence-corrected chi connectivity index (χ1v) is 9.94. The fraction of sp³-hybridized carbons (Fsp3) is 0.227. The summed E-state index contributed by atoms with van der Waals surface area (Å²) in [6.07, 6.45) is 1.50. The molecule has 0 aliphatic heterocycles. The van der Waals surface area contributed by atoms with E-state index in [-0.39, 0.29) is 12.2 Å². The van der Waals surface area contributed by atoms with Crippen molar-refractivity contribution in [3.8, 4) is 23.6 Å². The van der Waals surface area contributed by atoms with Crippen molar-refractivity contribution in [2.75, 3.05) is 18.5 Å². The minimum atomic E-state index is -0.489. The number of carbonyl (C=O) groups excluding carboxylic acids is 1. The Balaban J connectivity index is 2.35. The molecule has 0 atom stereocenters. The molecule has 0 saturated heterocycles. The van der Waals surface area contributed by atoms with Crippen LogP contribution >= 0.6 is 22.6 Å². The van der Waals surface area contributed by atoms with Crippen LogP contribution < -0.4 is 14.8 Å². The van der Waals surface area contributed by atoms with E-state index in [1.165, 1.54) is 6.08 Å². The highest BCUT2D eigenvalue weighted by Gasteiger charge is 2.15. The Morgan fingerprint density at radius 1 is 1.21 bits per heavy atom. The molecule has 1 N–H and O–H groups in total. The number of rotatable bonds is 7. The molecular weight excluding hydrogens is 481 g/mol. The first-order chi connectivity index (χ1) is 13.9. The van der Waals surface area contributed by atoms with Crippen molar-refractivity contribution in [2.24, 2.45) is 0 Å². The summed E-state index contributed by atoms with van der Waals surface area (Å²) in [5, 5.41) is 21.0. The molecule has 148 valence electrons. The van der Waals surface area contributed by atoms with Crippen LogP contribution in [0.15, 0.2) is 35.9 Å².